The number of alkyl halides is 3. The van der Waals surface area contributed by atoms with Crippen molar-refractivity contribution in [1.29, 1.82) is 0 Å². The molecule has 2 aliphatic rings. The highest BCUT2D eigenvalue weighted by Gasteiger charge is 2.39. The van der Waals surface area contributed by atoms with Crippen LogP contribution in [0, 0.1) is 5.92 Å². The lowest BCUT2D eigenvalue weighted by molar-refractivity contribution is -0.207. The van der Waals surface area contributed by atoms with Crippen LogP contribution in [-0.4, -0.2) is 41.0 Å². The zero-order valence-corrected chi connectivity index (χ0v) is 19.8. The minimum Gasteiger partial charge on any atom is -0.498 e. The van der Waals surface area contributed by atoms with Crippen molar-refractivity contribution in [2.24, 2.45) is 5.92 Å². The maximum Gasteiger partial charge on any atom is 0.416 e. The number of hydrogen-bond acceptors (Lipinski definition) is 4. The molecule has 0 radical (unpaired) electrons. The molecule has 2 aromatic rings. The molecular formula is C28H30F3NO3. The van der Waals surface area contributed by atoms with E-state index in [9.17, 15) is 18.3 Å². The number of para-hydroxylation sites is 1. The molecule has 4 nitrogen and oxygen atoms in total. The number of halogens is 3. The van der Waals surface area contributed by atoms with Crippen LogP contribution in [0.4, 0.5) is 13.2 Å². The number of rotatable bonds is 8. The van der Waals surface area contributed by atoms with Crippen LogP contribution in [0.3, 0.4) is 0 Å². The molecule has 2 aromatic carbocycles. The molecule has 1 heterocycles. The van der Waals surface area contributed by atoms with E-state index in [1.165, 1.54) is 0 Å². The lowest BCUT2D eigenvalue weighted by Crippen LogP contribution is -2.41. The van der Waals surface area contributed by atoms with Crippen LogP contribution in [0.1, 0.15) is 31.4 Å². The predicted octanol–water partition coefficient (Wildman–Crippen LogP) is 6.10. The monoisotopic (exact) mass is 485 g/mol. The summed E-state index contributed by atoms with van der Waals surface area (Å²) in [6.07, 6.45) is 0.655. The Morgan fingerprint density at radius 2 is 1.89 bits per heavy atom. The molecule has 186 valence electrons. The van der Waals surface area contributed by atoms with Crippen molar-refractivity contribution < 1.29 is 27.8 Å². The highest BCUT2D eigenvalue weighted by Crippen LogP contribution is 2.30. The summed E-state index contributed by atoms with van der Waals surface area (Å²) in [6, 6.07) is 17.0. The van der Waals surface area contributed by atoms with E-state index in [-0.39, 0.29) is 24.7 Å². The third kappa shape index (κ3) is 6.48. The second-order valence-electron chi connectivity index (χ2n) is 9.14. The van der Waals surface area contributed by atoms with Gasteiger partial charge in [-0.05, 0) is 54.0 Å². The number of aliphatic hydroxyl groups is 1. The van der Waals surface area contributed by atoms with Gasteiger partial charge in [-0.3, -0.25) is 0 Å². The van der Waals surface area contributed by atoms with Gasteiger partial charge in [0.1, 0.15) is 11.9 Å². The van der Waals surface area contributed by atoms with Crippen molar-refractivity contribution in [3.05, 3.63) is 95.9 Å². The van der Waals surface area contributed by atoms with Crippen molar-refractivity contribution in [3.8, 4) is 5.75 Å². The number of ether oxygens (including phenoxy) is 2. The van der Waals surface area contributed by atoms with Crippen LogP contribution < -0.4 is 4.74 Å². The largest absolute Gasteiger partial charge is 0.498 e. The number of aliphatic hydroxyl groups excluding tert-OH is 1. The Morgan fingerprint density at radius 1 is 1.11 bits per heavy atom. The van der Waals surface area contributed by atoms with Gasteiger partial charge in [-0.2, -0.15) is 13.2 Å². The van der Waals surface area contributed by atoms with Crippen molar-refractivity contribution in [2.45, 2.75) is 51.3 Å². The van der Waals surface area contributed by atoms with E-state index >= 15 is 0 Å². The van der Waals surface area contributed by atoms with E-state index in [1.807, 2.05) is 80.6 Å². The van der Waals surface area contributed by atoms with Crippen molar-refractivity contribution in [2.75, 3.05) is 6.54 Å². The van der Waals surface area contributed by atoms with Gasteiger partial charge < -0.3 is 19.5 Å². The number of allylic oxidation sites excluding steroid dienone is 1. The van der Waals surface area contributed by atoms with Crippen LogP contribution in [0.15, 0.2) is 84.8 Å². The summed E-state index contributed by atoms with van der Waals surface area (Å²) >= 11 is 0. The first-order valence-corrected chi connectivity index (χ1v) is 11.7. The summed E-state index contributed by atoms with van der Waals surface area (Å²) < 4.78 is 51.5. The molecule has 4 atom stereocenters. The van der Waals surface area contributed by atoms with E-state index in [4.69, 9.17) is 9.47 Å². The zero-order valence-electron chi connectivity index (χ0n) is 19.8. The second-order valence-corrected chi connectivity index (χ2v) is 9.14. The lowest BCUT2D eigenvalue weighted by atomic mass is 9.96. The molecule has 35 heavy (non-hydrogen) atoms. The molecule has 4 unspecified atom stereocenters. The molecule has 0 saturated heterocycles. The molecule has 1 aliphatic heterocycles. The zero-order chi connectivity index (χ0) is 25.0. The topological polar surface area (TPSA) is 41.9 Å². The van der Waals surface area contributed by atoms with E-state index in [0.717, 1.165) is 23.1 Å². The molecule has 0 bridgehead atoms. The Hall–Kier alpha value is -3.19. The first-order chi connectivity index (χ1) is 16.7. The Morgan fingerprint density at radius 3 is 2.57 bits per heavy atom. The van der Waals surface area contributed by atoms with Gasteiger partial charge in [0.2, 0.25) is 0 Å². The Kier molecular flexibility index (Phi) is 7.55. The van der Waals surface area contributed by atoms with Crippen molar-refractivity contribution >= 4 is 5.57 Å². The lowest BCUT2D eigenvalue weighted by Gasteiger charge is -2.33. The molecule has 0 aromatic heterocycles. The Labute approximate surface area is 204 Å². The van der Waals surface area contributed by atoms with Gasteiger partial charge in [0.25, 0.3) is 0 Å². The van der Waals surface area contributed by atoms with Gasteiger partial charge in [0.05, 0.1) is 18.9 Å². The second kappa shape index (κ2) is 10.6. The smallest absolute Gasteiger partial charge is 0.416 e. The number of nitrogens with zero attached hydrogens (tertiary/aromatic N) is 1. The standard InChI is InChI=1S/C28H30F3NO3/c1-19-11-12-24(15-26(19)35-25-9-4-3-5-10-25)32(17-27(33)28(29,30)31)16-21-7-6-8-22(14-21)23-13-20(2)34-18-23/h3-12,14-15,18-20,26-27,33H,13,16-17H2,1-2H3. The fourth-order valence-electron chi connectivity index (χ4n) is 4.20. The average Bonchev–Trinajstić information content (AvgIpc) is 3.27. The van der Waals surface area contributed by atoms with Gasteiger partial charge in [0.15, 0.2) is 6.10 Å². The summed E-state index contributed by atoms with van der Waals surface area (Å²) in [7, 11) is 0. The SMILES string of the molecule is CC1CC(c2cccc(CN(CC(O)C(F)(F)F)C3=CC(Oc4ccccc4)C(C)C=C3)c2)=CO1. The molecule has 7 heteroatoms. The normalized spacial score (nSPS) is 22.7. The third-order valence-corrected chi connectivity index (χ3v) is 6.20. The maximum absolute atomic E-state index is 13.3. The minimum atomic E-state index is -4.71. The summed E-state index contributed by atoms with van der Waals surface area (Å²) in [6.45, 7) is 3.60. The number of benzene rings is 2. The van der Waals surface area contributed by atoms with Gasteiger partial charge in [0, 0.05) is 24.6 Å². The molecule has 0 spiro atoms. The molecular weight excluding hydrogens is 455 g/mol. The molecule has 0 saturated carbocycles. The molecule has 0 fully saturated rings. The first-order valence-electron chi connectivity index (χ1n) is 11.7. The van der Waals surface area contributed by atoms with Crippen molar-refractivity contribution in [3.63, 3.8) is 0 Å². The molecule has 0 amide bonds. The molecule has 4 rings (SSSR count). The summed E-state index contributed by atoms with van der Waals surface area (Å²) in [5.41, 5.74) is 3.46. The van der Waals surface area contributed by atoms with Gasteiger partial charge in [-0.15, -0.1) is 0 Å². The van der Waals surface area contributed by atoms with Crippen LogP contribution in [0.2, 0.25) is 0 Å². The maximum atomic E-state index is 13.3. The predicted molar refractivity (Wildman–Crippen MR) is 129 cm³/mol. The van der Waals surface area contributed by atoms with E-state index in [1.54, 1.807) is 17.2 Å². The third-order valence-electron chi connectivity index (χ3n) is 6.20. The fraction of sp³-hybridized carbons (Fsp3) is 0.357. The van der Waals surface area contributed by atoms with Crippen LogP contribution in [0.25, 0.3) is 5.57 Å². The quantitative estimate of drug-likeness (QED) is 0.491. The van der Waals surface area contributed by atoms with Crippen molar-refractivity contribution in [1.82, 2.24) is 4.90 Å². The van der Waals surface area contributed by atoms with E-state index < -0.39 is 18.8 Å². The number of hydrogen-bond donors (Lipinski definition) is 1. The van der Waals surface area contributed by atoms with Gasteiger partial charge in [-0.1, -0.05) is 49.4 Å². The Balaban J connectivity index is 1.59. The Bertz CT molecular complexity index is 1090. The minimum absolute atomic E-state index is 0.0352. The summed E-state index contributed by atoms with van der Waals surface area (Å²) in [5, 5.41) is 9.90. The average molecular weight is 486 g/mol. The van der Waals surface area contributed by atoms with E-state index in [0.29, 0.717) is 11.4 Å². The van der Waals surface area contributed by atoms with Crippen LogP contribution in [0.5, 0.6) is 5.75 Å². The highest BCUT2D eigenvalue weighted by molar-refractivity contribution is 5.66. The van der Waals surface area contributed by atoms with Gasteiger partial charge >= 0.3 is 6.18 Å². The molecule has 1 N–H and O–H groups in total. The van der Waals surface area contributed by atoms with Gasteiger partial charge in [-0.25, -0.2) is 0 Å². The summed E-state index contributed by atoms with van der Waals surface area (Å²) in [5.74, 6) is 0.721. The van der Waals surface area contributed by atoms with Crippen LogP contribution >= 0.6 is 0 Å². The van der Waals surface area contributed by atoms with E-state index in [2.05, 4.69) is 0 Å². The first kappa shape index (κ1) is 24.9. The highest BCUT2D eigenvalue weighted by atomic mass is 19.4. The fourth-order valence-corrected chi connectivity index (χ4v) is 4.20. The summed E-state index contributed by atoms with van der Waals surface area (Å²) in [4.78, 5) is 1.56. The molecule has 1 aliphatic carbocycles. The van der Waals surface area contributed by atoms with Crippen LogP contribution in [-0.2, 0) is 11.3 Å².